The summed E-state index contributed by atoms with van der Waals surface area (Å²) in [4.78, 5) is 0. The fraction of sp³-hybridized carbons (Fsp3) is 0.667. The molecular weight excluding hydrogens is 969 g/mol. The SMILES string of the molecule is O=S(=O)(Oc1ccc(OS(=O)(=O)C(F)(F)C(F)(F)C(F)(F)C(F)(F)F)c(OS(=O)(=O)C(F)(F)C(F)(F)C(F)(F)C(F)(F)F)c1)C(F)(F)C(F)(F)C(F)(F)C(F)(F)F. The highest BCUT2D eigenvalue weighted by Gasteiger charge is 2.88. The molecule has 1 rings (SSSR count). The topological polar surface area (TPSA) is 130 Å². The van der Waals surface area contributed by atoms with Crippen LogP contribution in [0.1, 0.15) is 0 Å². The Kier molecular flexibility index (Phi) is 12.3. The van der Waals surface area contributed by atoms with Crippen molar-refractivity contribution in [2.45, 2.75) is 69.8 Å². The Morgan fingerprint density at radius 1 is 0.316 bits per heavy atom. The lowest BCUT2D eigenvalue weighted by Crippen LogP contribution is -2.64. The van der Waals surface area contributed by atoms with Gasteiger partial charge in [-0.25, -0.2) is 0 Å². The summed E-state index contributed by atoms with van der Waals surface area (Å²) in [6.07, 6.45) is -23.7. The van der Waals surface area contributed by atoms with Crippen molar-refractivity contribution in [1.29, 1.82) is 0 Å². The summed E-state index contributed by atoms with van der Waals surface area (Å²) in [6.45, 7) is 0. The predicted molar refractivity (Wildman–Crippen MR) is 118 cm³/mol. The second-order valence-corrected chi connectivity index (χ2v) is 14.5. The zero-order valence-corrected chi connectivity index (χ0v) is 26.8. The maximum atomic E-state index is 14.1. The van der Waals surface area contributed by atoms with E-state index in [1.807, 2.05) is 0 Å². The summed E-state index contributed by atoms with van der Waals surface area (Å²) in [5.41, 5.74) is 0. The molecule has 0 saturated carbocycles. The molecule has 0 aliphatic heterocycles. The minimum absolute atomic E-state index is 1.09. The Morgan fingerprint density at radius 2 is 0.544 bits per heavy atom. The molecule has 0 atom stereocenters. The van der Waals surface area contributed by atoms with Gasteiger partial charge < -0.3 is 12.5 Å². The maximum absolute atomic E-state index is 14.1. The third-order valence-corrected chi connectivity index (χ3v) is 9.67. The molecule has 0 aliphatic carbocycles. The lowest BCUT2D eigenvalue weighted by Gasteiger charge is -2.33. The summed E-state index contributed by atoms with van der Waals surface area (Å²) in [5.74, 6) is -59.8. The van der Waals surface area contributed by atoms with Crippen LogP contribution < -0.4 is 12.5 Å². The molecule has 0 heterocycles. The number of hydrogen-bond donors (Lipinski definition) is 0. The van der Waals surface area contributed by atoms with Crippen LogP contribution in [0.4, 0.5) is 119 Å². The zero-order valence-electron chi connectivity index (χ0n) is 24.3. The lowest BCUT2D eigenvalue weighted by molar-refractivity contribution is -0.382. The van der Waals surface area contributed by atoms with Gasteiger partial charge in [0.1, 0.15) is 5.75 Å². The summed E-state index contributed by atoms with van der Waals surface area (Å²) in [5, 5.41) is -24.5. The quantitative estimate of drug-likeness (QED) is 0.127. The first-order chi connectivity index (χ1) is 24.3. The molecular formula is C18H3F27O9S3. The Balaban J connectivity index is 4.22. The minimum Gasteiger partial charge on any atom is -0.378 e. The first-order valence-electron chi connectivity index (χ1n) is 11.8. The second kappa shape index (κ2) is 13.6. The third-order valence-electron chi connectivity index (χ3n) is 5.81. The Hall–Kier alpha value is -3.42. The normalized spacial score (nSPS) is 16.1. The van der Waals surface area contributed by atoms with E-state index in [4.69, 9.17) is 0 Å². The van der Waals surface area contributed by atoms with Crippen molar-refractivity contribution in [3.8, 4) is 17.2 Å². The van der Waals surface area contributed by atoms with Crippen molar-refractivity contribution < 1.29 is 156 Å². The van der Waals surface area contributed by atoms with E-state index < -0.39 is 136 Å². The van der Waals surface area contributed by atoms with Crippen LogP contribution in [0.3, 0.4) is 0 Å². The van der Waals surface area contributed by atoms with Crippen molar-refractivity contribution in [1.82, 2.24) is 0 Å². The van der Waals surface area contributed by atoms with E-state index in [2.05, 4.69) is 12.5 Å². The number of alkyl halides is 27. The van der Waals surface area contributed by atoms with Crippen molar-refractivity contribution in [2.75, 3.05) is 0 Å². The summed E-state index contributed by atoms with van der Waals surface area (Å²) >= 11 is 0. The molecule has 0 N–H and O–H groups in total. The molecule has 336 valence electrons. The highest BCUT2D eigenvalue weighted by atomic mass is 32.2. The predicted octanol–water partition coefficient (Wildman–Crippen LogP) is 8.09. The molecule has 9 nitrogen and oxygen atoms in total. The monoisotopic (exact) mass is 972 g/mol. The zero-order chi connectivity index (χ0) is 46.5. The molecule has 0 aromatic heterocycles. The van der Waals surface area contributed by atoms with Crippen LogP contribution in [-0.4, -0.2) is 95.1 Å². The molecule has 0 radical (unpaired) electrons. The maximum Gasteiger partial charge on any atom is 0.460 e. The summed E-state index contributed by atoms with van der Waals surface area (Å²) in [6, 6.07) is -4.06. The third kappa shape index (κ3) is 7.65. The van der Waals surface area contributed by atoms with Crippen LogP contribution in [-0.2, 0) is 30.4 Å². The van der Waals surface area contributed by atoms with Gasteiger partial charge in [0.05, 0.1) is 0 Å². The van der Waals surface area contributed by atoms with Crippen molar-refractivity contribution in [3.63, 3.8) is 0 Å². The van der Waals surface area contributed by atoms with Gasteiger partial charge in [0.2, 0.25) is 0 Å². The van der Waals surface area contributed by atoms with E-state index in [9.17, 15) is 144 Å². The van der Waals surface area contributed by atoms with Gasteiger partial charge >= 0.3 is 100 Å². The van der Waals surface area contributed by atoms with Gasteiger partial charge in [-0.3, -0.25) is 0 Å². The van der Waals surface area contributed by atoms with Gasteiger partial charge in [0.25, 0.3) is 0 Å². The Bertz CT molecular complexity index is 2010. The van der Waals surface area contributed by atoms with Crippen molar-refractivity contribution >= 4 is 30.4 Å². The van der Waals surface area contributed by atoms with Crippen LogP contribution in [0.2, 0.25) is 0 Å². The Labute approximate surface area is 292 Å². The molecule has 57 heavy (non-hydrogen) atoms. The summed E-state index contributed by atoms with van der Waals surface area (Å²) in [7, 11) is -25.8. The van der Waals surface area contributed by atoms with Crippen molar-refractivity contribution in [3.05, 3.63) is 18.2 Å². The molecule has 1 aromatic carbocycles. The fourth-order valence-electron chi connectivity index (χ4n) is 2.75. The standard InChI is InChI=1S/C18H3F27O9S3/c19-7(20,13(31,32)33)10(25,26)16(40,41)55(46,47)52-4-1-2-5(53-56(48,49)17(42,43)11(27,28)8(21,22)14(34,35)36)6(3-4)54-57(50,51)18(44,45)12(29,30)9(23,24)15(37,38)39/h1-3H. The van der Waals surface area contributed by atoms with Gasteiger partial charge in [-0.05, 0) is 12.1 Å². The molecule has 0 spiro atoms. The number of rotatable bonds is 15. The van der Waals surface area contributed by atoms with Gasteiger partial charge in [-0.2, -0.15) is 144 Å². The molecule has 0 fully saturated rings. The van der Waals surface area contributed by atoms with E-state index in [1.165, 1.54) is 0 Å². The Morgan fingerprint density at radius 3 is 0.789 bits per heavy atom. The fourth-order valence-corrected chi connectivity index (χ4v) is 5.49. The average Bonchev–Trinajstić information content (AvgIpc) is 2.95. The molecule has 39 heteroatoms. The van der Waals surface area contributed by atoms with E-state index in [0.29, 0.717) is 0 Å². The van der Waals surface area contributed by atoms with Crippen LogP contribution in [0, 0.1) is 0 Å². The largest absolute Gasteiger partial charge is 0.460 e. The van der Waals surface area contributed by atoms with Gasteiger partial charge in [0, 0.05) is 6.07 Å². The van der Waals surface area contributed by atoms with Crippen LogP contribution in [0.5, 0.6) is 17.2 Å². The summed E-state index contributed by atoms with van der Waals surface area (Å²) < 4.78 is 435. The number of halogens is 27. The molecule has 0 aliphatic rings. The van der Waals surface area contributed by atoms with Gasteiger partial charge in [-0.1, -0.05) is 0 Å². The highest BCUT2D eigenvalue weighted by Crippen LogP contribution is 2.58. The second-order valence-electron chi connectivity index (χ2n) is 9.71. The first-order valence-corrected chi connectivity index (χ1v) is 16.0. The molecule has 0 unspecified atom stereocenters. The molecule has 0 bridgehead atoms. The highest BCUT2D eigenvalue weighted by molar-refractivity contribution is 7.88. The van der Waals surface area contributed by atoms with Gasteiger partial charge in [0.15, 0.2) is 11.5 Å². The van der Waals surface area contributed by atoms with E-state index in [0.717, 1.165) is 0 Å². The van der Waals surface area contributed by atoms with Crippen LogP contribution in [0.25, 0.3) is 0 Å². The van der Waals surface area contributed by atoms with Crippen molar-refractivity contribution in [2.24, 2.45) is 0 Å². The molecule has 0 saturated heterocycles. The van der Waals surface area contributed by atoms with E-state index in [1.54, 1.807) is 0 Å². The lowest BCUT2D eigenvalue weighted by atomic mass is 10.1. The molecule has 0 amide bonds. The average molecular weight is 972 g/mol. The number of hydrogen-bond acceptors (Lipinski definition) is 9. The smallest absolute Gasteiger partial charge is 0.378 e. The molecule has 1 aromatic rings. The van der Waals surface area contributed by atoms with Gasteiger partial charge in [-0.15, -0.1) is 0 Å². The van der Waals surface area contributed by atoms with Crippen LogP contribution in [0.15, 0.2) is 18.2 Å². The number of benzene rings is 1. The van der Waals surface area contributed by atoms with E-state index in [-0.39, 0.29) is 0 Å². The minimum atomic E-state index is -8.79. The first kappa shape index (κ1) is 51.6. The van der Waals surface area contributed by atoms with Crippen LogP contribution >= 0.6 is 0 Å². The van der Waals surface area contributed by atoms with E-state index >= 15 is 0 Å².